The van der Waals surface area contributed by atoms with Gasteiger partial charge in [0.25, 0.3) is 0 Å². The molecule has 0 fully saturated rings. The average molecular weight is 285 g/mol. The number of rotatable bonds is 3. The molecule has 1 aliphatic heterocycles. The van der Waals surface area contributed by atoms with Crippen molar-refractivity contribution in [1.29, 1.82) is 0 Å². The van der Waals surface area contributed by atoms with Crippen molar-refractivity contribution in [1.82, 2.24) is 15.3 Å². The van der Waals surface area contributed by atoms with Crippen LogP contribution in [-0.4, -0.2) is 16.5 Å². The monoisotopic (exact) mass is 285 g/mol. The quantitative estimate of drug-likeness (QED) is 0.880. The van der Waals surface area contributed by atoms with E-state index in [1.807, 2.05) is 0 Å². The van der Waals surface area contributed by atoms with E-state index < -0.39 is 0 Å². The second-order valence-corrected chi connectivity index (χ2v) is 6.23. The normalized spacial score (nSPS) is 14.1. The summed E-state index contributed by atoms with van der Waals surface area (Å²) in [4.78, 5) is 10.7. The number of nitrogens with zero attached hydrogens (tertiary/aromatic N) is 2. The molecule has 0 saturated heterocycles. The predicted octanol–water partition coefficient (Wildman–Crippen LogP) is 3.03. The van der Waals surface area contributed by atoms with E-state index in [1.54, 1.807) is 11.8 Å². The predicted molar refractivity (Wildman–Crippen MR) is 82.9 cm³/mol. The molecule has 0 saturated carbocycles. The van der Waals surface area contributed by atoms with Crippen molar-refractivity contribution in [2.75, 3.05) is 6.54 Å². The van der Waals surface area contributed by atoms with Crippen LogP contribution in [0.2, 0.25) is 0 Å². The van der Waals surface area contributed by atoms with Gasteiger partial charge in [-0.1, -0.05) is 17.7 Å². The van der Waals surface area contributed by atoms with Gasteiger partial charge in [0, 0.05) is 35.7 Å². The van der Waals surface area contributed by atoms with Crippen LogP contribution < -0.4 is 5.32 Å². The fraction of sp³-hybridized carbons (Fsp3) is 0.375. The molecule has 4 heteroatoms. The molecule has 0 amide bonds. The third kappa shape index (κ3) is 3.02. The second kappa shape index (κ2) is 5.94. The molecule has 2 aromatic rings. The highest BCUT2D eigenvalue weighted by molar-refractivity contribution is 7.98. The first-order chi connectivity index (χ1) is 9.72. The Labute approximate surface area is 124 Å². The number of thioether (sulfide) groups is 1. The van der Waals surface area contributed by atoms with Crippen LogP contribution >= 0.6 is 11.8 Å². The molecule has 104 valence electrons. The van der Waals surface area contributed by atoms with Crippen LogP contribution in [0.3, 0.4) is 0 Å². The van der Waals surface area contributed by atoms with Gasteiger partial charge in [-0.05, 0) is 26.0 Å². The number of nitrogens with one attached hydrogen (secondary N) is 1. The minimum absolute atomic E-state index is 0.838. The summed E-state index contributed by atoms with van der Waals surface area (Å²) in [6.45, 7) is 6.14. The molecule has 1 N–H and O–H groups in total. The van der Waals surface area contributed by atoms with Crippen LogP contribution in [-0.2, 0) is 18.7 Å². The van der Waals surface area contributed by atoms with Crippen LogP contribution in [0.1, 0.15) is 28.3 Å². The lowest BCUT2D eigenvalue weighted by Gasteiger charge is -2.18. The largest absolute Gasteiger partial charge is 0.312 e. The molecule has 2 heterocycles. The van der Waals surface area contributed by atoms with E-state index in [2.05, 4.69) is 48.4 Å². The molecule has 0 aliphatic carbocycles. The van der Waals surface area contributed by atoms with Crippen molar-refractivity contribution in [3.05, 3.63) is 52.6 Å². The molecule has 0 unspecified atom stereocenters. The zero-order valence-electron chi connectivity index (χ0n) is 11.9. The number of hydrogen-bond donors (Lipinski definition) is 1. The Kier molecular flexibility index (Phi) is 4.03. The van der Waals surface area contributed by atoms with Gasteiger partial charge < -0.3 is 5.32 Å². The maximum Gasteiger partial charge on any atom is 0.139 e. The van der Waals surface area contributed by atoms with E-state index in [0.29, 0.717) is 0 Å². The summed E-state index contributed by atoms with van der Waals surface area (Å²) in [5.74, 6) is 1.79. The molecule has 1 aromatic carbocycles. The van der Waals surface area contributed by atoms with Crippen molar-refractivity contribution in [3.8, 4) is 0 Å². The first-order valence-electron chi connectivity index (χ1n) is 6.98. The first-order valence-corrected chi connectivity index (χ1v) is 7.96. The van der Waals surface area contributed by atoms with E-state index in [4.69, 9.17) is 4.98 Å². The molecule has 0 spiro atoms. The van der Waals surface area contributed by atoms with E-state index in [1.165, 1.54) is 21.7 Å². The Morgan fingerprint density at radius 1 is 1.25 bits per heavy atom. The molecule has 0 bridgehead atoms. The van der Waals surface area contributed by atoms with Gasteiger partial charge in [-0.3, -0.25) is 0 Å². The molecular formula is C16H19N3S. The van der Waals surface area contributed by atoms with Gasteiger partial charge in [0.2, 0.25) is 0 Å². The number of hydrogen-bond acceptors (Lipinski definition) is 4. The van der Waals surface area contributed by atoms with Crippen molar-refractivity contribution in [2.24, 2.45) is 0 Å². The molecular weight excluding hydrogens is 266 g/mol. The minimum Gasteiger partial charge on any atom is -0.312 e. The van der Waals surface area contributed by atoms with Gasteiger partial charge >= 0.3 is 0 Å². The Bertz CT molecular complexity index is 625. The smallest absolute Gasteiger partial charge is 0.139 e. The third-order valence-corrected chi connectivity index (χ3v) is 4.53. The fourth-order valence-corrected chi connectivity index (χ4v) is 3.36. The van der Waals surface area contributed by atoms with E-state index in [0.717, 1.165) is 36.8 Å². The van der Waals surface area contributed by atoms with Crippen LogP contribution in [0.25, 0.3) is 0 Å². The van der Waals surface area contributed by atoms with Crippen molar-refractivity contribution in [3.63, 3.8) is 0 Å². The molecule has 0 radical (unpaired) electrons. The maximum atomic E-state index is 4.74. The SMILES string of the molecule is Cc1cccc(SCc2nc(C)c3c(n2)CCNC3)c1. The van der Waals surface area contributed by atoms with Crippen LogP contribution in [0.4, 0.5) is 0 Å². The molecule has 3 rings (SSSR count). The van der Waals surface area contributed by atoms with Gasteiger partial charge in [-0.2, -0.15) is 0 Å². The average Bonchev–Trinajstić information content (AvgIpc) is 2.45. The topological polar surface area (TPSA) is 37.8 Å². The lowest BCUT2D eigenvalue weighted by Crippen LogP contribution is -2.26. The zero-order chi connectivity index (χ0) is 13.9. The summed E-state index contributed by atoms with van der Waals surface area (Å²) in [5.41, 5.74) is 4.95. The fourth-order valence-electron chi connectivity index (χ4n) is 2.49. The van der Waals surface area contributed by atoms with Crippen molar-refractivity contribution >= 4 is 11.8 Å². The van der Waals surface area contributed by atoms with Crippen LogP contribution in [0.5, 0.6) is 0 Å². The third-order valence-electron chi connectivity index (χ3n) is 3.54. The second-order valence-electron chi connectivity index (χ2n) is 5.18. The summed E-state index contributed by atoms with van der Waals surface area (Å²) in [7, 11) is 0. The number of aryl methyl sites for hydroxylation is 2. The number of fused-ring (bicyclic) bond motifs is 1. The van der Waals surface area contributed by atoms with E-state index >= 15 is 0 Å². The highest BCUT2D eigenvalue weighted by Crippen LogP contribution is 2.23. The van der Waals surface area contributed by atoms with Gasteiger partial charge in [0.1, 0.15) is 5.82 Å². The van der Waals surface area contributed by atoms with Gasteiger partial charge in [-0.25, -0.2) is 9.97 Å². The zero-order valence-corrected chi connectivity index (χ0v) is 12.8. The molecule has 20 heavy (non-hydrogen) atoms. The van der Waals surface area contributed by atoms with Crippen molar-refractivity contribution < 1.29 is 0 Å². The molecule has 3 nitrogen and oxygen atoms in total. The number of benzene rings is 1. The van der Waals surface area contributed by atoms with Crippen LogP contribution in [0.15, 0.2) is 29.2 Å². The lowest BCUT2D eigenvalue weighted by molar-refractivity contribution is 0.617. The van der Waals surface area contributed by atoms with Gasteiger partial charge in [0.15, 0.2) is 0 Å². The highest BCUT2D eigenvalue weighted by Gasteiger charge is 2.15. The van der Waals surface area contributed by atoms with Gasteiger partial charge in [0.05, 0.1) is 11.4 Å². The highest BCUT2D eigenvalue weighted by atomic mass is 32.2. The summed E-state index contributed by atoms with van der Waals surface area (Å²) in [6, 6.07) is 8.58. The summed E-state index contributed by atoms with van der Waals surface area (Å²) in [5, 5.41) is 3.38. The summed E-state index contributed by atoms with van der Waals surface area (Å²) in [6.07, 6.45) is 1.01. The Hall–Kier alpha value is -1.39. The molecule has 1 aromatic heterocycles. The summed E-state index contributed by atoms with van der Waals surface area (Å²) < 4.78 is 0. The lowest BCUT2D eigenvalue weighted by atomic mass is 10.1. The molecule has 0 atom stereocenters. The molecule has 1 aliphatic rings. The maximum absolute atomic E-state index is 4.74. The Balaban J connectivity index is 1.76. The Morgan fingerprint density at radius 3 is 3.00 bits per heavy atom. The van der Waals surface area contributed by atoms with E-state index in [-0.39, 0.29) is 0 Å². The van der Waals surface area contributed by atoms with E-state index in [9.17, 15) is 0 Å². The number of aromatic nitrogens is 2. The van der Waals surface area contributed by atoms with Crippen molar-refractivity contribution in [2.45, 2.75) is 37.5 Å². The van der Waals surface area contributed by atoms with Gasteiger partial charge in [-0.15, -0.1) is 11.8 Å². The minimum atomic E-state index is 0.838. The van der Waals surface area contributed by atoms with Crippen LogP contribution in [0, 0.1) is 13.8 Å². The Morgan fingerprint density at radius 2 is 2.15 bits per heavy atom. The first kappa shape index (κ1) is 13.6. The summed E-state index contributed by atoms with van der Waals surface area (Å²) >= 11 is 1.81. The standard InChI is InChI=1S/C16H19N3S/c1-11-4-3-5-13(8-11)20-10-16-18-12(2)14-9-17-7-6-15(14)19-16/h3-5,8,17H,6-7,9-10H2,1-2H3.